The van der Waals surface area contributed by atoms with Gasteiger partial charge >= 0.3 is 5.00 Å². The van der Waals surface area contributed by atoms with Crippen LogP contribution in [0.4, 0.5) is 5.00 Å². The fourth-order valence-corrected chi connectivity index (χ4v) is 3.09. The second kappa shape index (κ2) is 6.25. The zero-order valence-corrected chi connectivity index (χ0v) is 13.1. The number of nitrogens with zero attached hydrogens (tertiary/aromatic N) is 2. The fraction of sp³-hybridized carbons (Fsp3) is 0.267. The Balaban J connectivity index is 1.64. The third-order valence-electron chi connectivity index (χ3n) is 3.37. The first-order chi connectivity index (χ1) is 11.0. The van der Waals surface area contributed by atoms with Crippen LogP contribution in [0.2, 0.25) is 0 Å². The molecule has 1 aromatic heterocycles. The maximum absolute atomic E-state index is 12.3. The molecule has 0 aliphatic carbocycles. The summed E-state index contributed by atoms with van der Waals surface area (Å²) in [5.74, 6) is 1.06. The predicted molar refractivity (Wildman–Crippen MR) is 84.3 cm³/mol. The molecule has 3 rings (SSSR count). The van der Waals surface area contributed by atoms with Crippen LogP contribution >= 0.6 is 11.3 Å². The number of carbonyl (C=O) groups is 1. The molecule has 1 amide bonds. The van der Waals surface area contributed by atoms with E-state index in [1.165, 1.54) is 17.0 Å². The van der Waals surface area contributed by atoms with E-state index in [9.17, 15) is 14.9 Å². The average Bonchev–Trinajstić information content (AvgIpc) is 3.04. The first-order valence-corrected chi connectivity index (χ1v) is 7.74. The van der Waals surface area contributed by atoms with Crippen molar-refractivity contribution in [2.75, 3.05) is 20.2 Å². The van der Waals surface area contributed by atoms with Crippen LogP contribution in [-0.4, -0.2) is 42.0 Å². The van der Waals surface area contributed by atoms with E-state index in [2.05, 4.69) is 0 Å². The quantitative estimate of drug-likeness (QED) is 0.634. The minimum atomic E-state index is -0.504. The van der Waals surface area contributed by atoms with Crippen molar-refractivity contribution in [2.45, 2.75) is 6.10 Å². The van der Waals surface area contributed by atoms with Gasteiger partial charge in [0.25, 0.3) is 5.91 Å². The van der Waals surface area contributed by atoms with Crippen molar-refractivity contribution in [1.29, 1.82) is 0 Å². The smallest absolute Gasteiger partial charge is 0.324 e. The standard InChI is InChI=1S/C15H14N2O5S/c1-16(15(18)13-6-7-14(23-13)17(19)20)8-10-9-21-11-4-2-3-5-12(11)22-10/h2-7,10H,8-9H2,1H3/t10-/m1/s1. The Morgan fingerprint density at radius 3 is 2.78 bits per heavy atom. The first-order valence-electron chi connectivity index (χ1n) is 6.93. The van der Waals surface area contributed by atoms with Crippen molar-refractivity contribution in [3.05, 3.63) is 51.4 Å². The summed E-state index contributed by atoms with van der Waals surface area (Å²) in [6, 6.07) is 10.2. The maximum Gasteiger partial charge on any atom is 0.324 e. The van der Waals surface area contributed by atoms with Crippen LogP contribution in [0.3, 0.4) is 0 Å². The van der Waals surface area contributed by atoms with E-state index in [1.54, 1.807) is 7.05 Å². The minimum Gasteiger partial charge on any atom is -0.486 e. The Morgan fingerprint density at radius 1 is 1.35 bits per heavy atom. The number of carbonyl (C=O) groups excluding carboxylic acids is 1. The highest BCUT2D eigenvalue weighted by Crippen LogP contribution is 2.31. The van der Waals surface area contributed by atoms with Crippen molar-refractivity contribution >= 4 is 22.2 Å². The summed E-state index contributed by atoms with van der Waals surface area (Å²) in [5.41, 5.74) is 0. The van der Waals surface area contributed by atoms with Crippen LogP contribution in [0.15, 0.2) is 36.4 Å². The molecule has 0 saturated carbocycles. The molecular weight excluding hydrogens is 320 g/mol. The van der Waals surface area contributed by atoms with Crippen molar-refractivity contribution < 1.29 is 19.2 Å². The molecule has 1 aromatic carbocycles. The van der Waals surface area contributed by atoms with Crippen LogP contribution in [0, 0.1) is 10.1 Å². The van der Waals surface area contributed by atoms with Gasteiger partial charge in [0.15, 0.2) is 17.6 Å². The Kier molecular flexibility index (Phi) is 4.16. The van der Waals surface area contributed by atoms with Crippen LogP contribution < -0.4 is 9.47 Å². The second-order valence-corrected chi connectivity index (χ2v) is 6.14. The average molecular weight is 334 g/mol. The number of hydrogen-bond donors (Lipinski definition) is 0. The molecule has 2 aromatic rings. The van der Waals surface area contributed by atoms with Gasteiger partial charge in [-0.3, -0.25) is 14.9 Å². The molecule has 0 saturated heterocycles. The zero-order chi connectivity index (χ0) is 16.4. The molecule has 8 heteroatoms. The van der Waals surface area contributed by atoms with E-state index in [0.29, 0.717) is 29.5 Å². The van der Waals surface area contributed by atoms with E-state index in [1.807, 2.05) is 24.3 Å². The summed E-state index contributed by atoms with van der Waals surface area (Å²) in [6.07, 6.45) is -0.284. The van der Waals surface area contributed by atoms with Crippen molar-refractivity contribution in [3.8, 4) is 11.5 Å². The highest BCUT2D eigenvalue weighted by atomic mass is 32.1. The van der Waals surface area contributed by atoms with E-state index in [-0.39, 0.29) is 17.0 Å². The van der Waals surface area contributed by atoms with Crippen molar-refractivity contribution in [1.82, 2.24) is 4.90 Å². The topological polar surface area (TPSA) is 81.9 Å². The summed E-state index contributed by atoms with van der Waals surface area (Å²) >= 11 is 0.866. The molecule has 0 spiro atoms. The zero-order valence-electron chi connectivity index (χ0n) is 12.3. The summed E-state index contributed by atoms with van der Waals surface area (Å²) in [4.78, 5) is 24.3. The van der Waals surface area contributed by atoms with Crippen molar-refractivity contribution in [3.63, 3.8) is 0 Å². The summed E-state index contributed by atoms with van der Waals surface area (Å²) in [6.45, 7) is 0.679. The molecule has 120 valence electrons. The van der Waals surface area contributed by atoms with Gasteiger partial charge in [-0.05, 0) is 18.2 Å². The summed E-state index contributed by atoms with van der Waals surface area (Å²) in [7, 11) is 1.64. The van der Waals surface area contributed by atoms with Crippen LogP contribution in [0.25, 0.3) is 0 Å². The molecule has 0 bridgehead atoms. The molecule has 0 fully saturated rings. The summed E-state index contributed by atoms with van der Waals surface area (Å²) in [5, 5.41) is 10.6. The van der Waals surface area contributed by atoms with E-state index >= 15 is 0 Å². The largest absolute Gasteiger partial charge is 0.486 e. The molecule has 0 N–H and O–H groups in total. The molecule has 1 aliphatic heterocycles. The first kappa shape index (κ1) is 15.3. The van der Waals surface area contributed by atoms with Gasteiger partial charge in [-0.25, -0.2) is 0 Å². The Morgan fingerprint density at radius 2 is 2.09 bits per heavy atom. The number of thiophene rings is 1. The molecule has 23 heavy (non-hydrogen) atoms. The van der Waals surface area contributed by atoms with Gasteiger partial charge in [0.1, 0.15) is 6.61 Å². The van der Waals surface area contributed by atoms with Gasteiger partial charge < -0.3 is 14.4 Å². The number of rotatable bonds is 4. The Labute approximate surface area is 136 Å². The minimum absolute atomic E-state index is 0.0482. The molecule has 0 radical (unpaired) electrons. The van der Waals surface area contributed by atoms with Gasteiger partial charge in [0.05, 0.1) is 16.3 Å². The van der Waals surface area contributed by atoms with Gasteiger partial charge in [-0.2, -0.15) is 0 Å². The van der Waals surface area contributed by atoms with E-state index in [0.717, 1.165) is 11.3 Å². The fourth-order valence-electron chi connectivity index (χ4n) is 2.27. The molecular formula is C15H14N2O5S. The third kappa shape index (κ3) is 3.26. The number of benzene rings is 1. The number of ether oxygens (including phenoxy) is 2. The van der Waals surface area contributed by atoms with Gasteiger partial charge in [0, 0.05) is 13.1 Å². The number of para-hydroxylation sites is 2. The van der Waals surface area contributed by atoms with Gasteiger partial charge in [-0.15, -0.1) is 0 Å². The molecule has 1 aliphatic rings. The Hall–Kier alpha value is -2.61. The van der Waals surface area contributed by atoms with Crippen molar-refractivity contribution in [2.24, 2.45) is 0 Å². The van der Waals surface area contributed by atoms with Gasteiger partial charge in [-0.1, -0.05) is 23.5 Å². The highest BCUT2D eigenvalue weighted by molar-refractivity contribution is 7.17. The molecule has 0 unspecified atom stereocenters. The van der Waals surface area contributed by atoms with E-state index in [4.69, 9.17) is 9.47 Å². The number of fused-ring (bicyclic) bond motifs is 1. The predicted octanol–water partition coefficient (Wildman–Crippen LogP) is 2.57. The van der Waals surface area contributed by atoms with Crippen LogP contribution in [-0.2, 0) is 0 Å². The number of nitro groups is 1. The lowest BCUT2D eigenvalue weighted by molar-refractivity contribution is -0.380. The Bertz CT molecular complexity index is 745. The lowest BCUT2D eigenvalue weighted by Crippen LogP contribution is -2.41. The normalized spacial score (nSPS) is 16.0. The summed E-state index contributed by atoms with van der Waals surface area (Å²) < 4.78 is 11.4. The van der Waals surface area contributed by atoms with Gasteiger partial charge in [0.2, 0.25) is 0 Å². The number of hydrogen-bond acceptors (Lipinski definition) is 6. The molecule has 7 nitrogen and oxygen atoms in total. The maximum atomic E-state index is 12.3. The lowest BCUT2D eigenvalue weighted by Gasteiger charge is -2.29. The number of amides is 1. The third-order valence-corrected chi connectivity index (χ3v) is 4.40. The molecule has 2 heterocycles. The molecule has 1 atom stereocenters. The van der Waals surface area contributed by atoms with E-state index < -0.39 is 4.92 Å². The monoisotopic (exact) mass is 334 g/mol. The SMILES string of the molecule is CN(C[C@@H]1COc2ccccc2O1)C(=O)c1ccc([N+](=O)[O-])s1. The lowest BCUT2D eigenvalue weighted by atomic mass is 10.2. The highest BCUT2D eigenvalue weighted by Gasteiger charge is 2.25. The second-order valence-electron chi connectivity index (χ2n) is 5.08. The number of likely N-dealkylation sites (N-methyl/N-ethyl adjacent to an activating group) is 1. The van der Waals surface area contributed by atoms with Crippen LogP contribution in [0.5, 0.6) is 11.5 Å². The van der Waals surface area contributed by atoms with Crippen LogP contribution in [0.1, 0.15) is 9.67 Å².